The number of ether oxygens (including phenoxy) is 2. The van der Waals surface area contributed by atoms with Crippen LogP contribution in [0.15, 0.2) is 24.3 Å². The number of piperidine rings is 1. The first-order valence-electron chi connectivity index (χ1n) is 15.0. The standard InChI is InChI=1S/C31H49N5O4/c1-23(2)20-36(30(38)28-32-26-11-7-8-12-27(26)35(28)13-9-10-16-39-6)25-19-24(21-34(22-25)31(3,4)5)29(37)33-14-17-40-18-15-33/h7-8,11-12,23-25H,9-10,13-22H2,1-6H3. The van der Waals surface area contributed by atoms with Crippen LogP contribution in [0.25, 0.3) is 11.0 Å². The molecule has 2 aliphatic rings. The number of unbranched alkanes of at least 4 members (excludes halogenated alkanes) is 1. The second-order valence-corrected chi connectivity index (χ2v) is 12.7. The van der Waals surface area contributed by atoms with E-state index in [4.69, 9.17) is 14.5 Å². The maximum atomic E-state index is 14.5. The number of carbonyl (C=O) groups is 2. The number of aromatic nitrogens is 2. The number of hydrogen-bond donors (Lipinski definition) is 0. The molecule has 0 aliphatic carbocycles. The molecule has 0 bridgehead atoms. The SMILES string of the molecule is COCCCCn1c(C(=O)N(CC(C)C)C2CC(C(=O)N3CCOCC3)CN(C(C)(C)C)C2)nc2ccccc21. The molecule has 2 fully saturated rings. The van der Waals surface area contributed by atoms with Crippen LogP contribution in [0.2, 0.25) is 0 Å². The highest BCUT2D eigenvalue weighted by Gasteiger charge is 2.42. The number of likely N-dealkylation sites (tertiary alicyclic amines) is 1. The summed E-state index contributed by atoms with van der Waals surface area (Å²) in [6.07, 6.45) is 2.48. The van der Waals surface area contributed by atoms with Crippen LogP contribution < -0.4 is 0 Å². The molecule has 0 N–H and O–H groups in total. The van der Waals surface area contributed by atoms with Crippen molar-refractivity contribution in [3.63, 3.8) is 0 Å². The van der Waals surface area contributed by atoms with Gasteiger partial charge in [-0.2, -0.15) is 0 Å². The summed E-state index contributed by atoms with van der Waals surface area (Å²) in [4.78, 5) is 39.4. The van der Waals surface area contributed by atoms with E-state index in [1.165, 1.54) is 0 Å². The predicted molar refractivity (Wildman–Crippen MR) is 157 cm³/mol. The van der Waals surface area contributed by atoms with Gasteiger partial charge in [0.2, 0.25) is 5.91 Å². The summed E-state index contributed by atoms with van der Waals surface area (Å²) in [6, 6.07) is 7.90. The number of fused-ring (bicyclic) bond motifs is 1. The molecule has 4 rings (SSSR count). The highest BCUT2D eigenvalue weighted by atomic mass is 16.5. The Morgan fingerprint density at radius 3 is 2.52 bits per heavy atom. The third-order valence-electron chi connectivity index (χ3n) is 8.14. The molecule has 2 aromatic rings. The molecule has 0 saturated carbocycles. The quantitative estimate of drug-likeness (QED) is 0.414. The van der Waals surface area contributed by atoms with Crippen LogP contribution in [-0.2, 0) is 20.8 Å². The smallest absolute Gasteiger partial charge is 0.290 e. The Kier molecular flexibility index (Phi) is 10.2. The third-order valence-corrected chi connectivity index (χ3v) is 8.14. The Hall–Kier alpha value is -2.49. The Morgan fingerprint density at radius 1 is 1.12 bits per heavy atom. The molecule has 9 heteroatoms. The second kappa shape index (κ2) is 13.4. The third kappa shape index (κ3) is 7.22. The maximum absolute atomic E-state index is 14.5. The fourth-order valence-electron chi connectivity index (χ4n) is 5.97. The van der Waals surface area contributed by atoms with E-state index >= 15 is 0 Å². The van der Waals surface area contributed by atoms with E-state index < -0.39 is 0 Å². The number of hydrogen-bond acceptors (Lipinski definition) is 6. The van der Waals surface area contributed by atoms with E-state index in [1.807, 2.05) is 34.1 Å². The lowest BCUT2D eigenvalue weighted by molar-refractivity contribution is -0.143. The largest absolute Gasteiger partial charge is 0.385 e. The number of nitrogens with zero attached hydrogens (tertiary/aromatic N) is 5. The fraction of sp³-hybridized carbons (Fsp3) is 0.710. The molecule has 40 heavy (non-hydrogen) atoms. The number of imidazole rings is 1. The number of methoxy groups -OCH3 is 1. The first kappa shape index (κ1) is 30.5. The normalized spacial score (nSPS) is 20.8. The lowest BCUT2D eigenvalue weighted by atomic mass is 9.88. The molecule has 0 spiro atoms. The van der Waals surface area contributed by atoms with Crippen LogP contribution in [0.4, 0.5) is 0 Å². The van der Waals surface area contributed by atoms with Gasteiger partial charge in [0.1, 0.15) is 0 Å². The summed E-state index contributed by atoms with van der Waals surface area (Å²) in [5.74, 6) is 0.746. The lowest BCUT2D eigenvalue weighted by Gasteiger charge is -2.48. The van der Waals surface area contributed by atoms with Gasteiger partial charge in [0, 0.05) is 64.6 Å². The molecule has 3 heterocycles. The minimum absolute atomic E-state index is 0.0463. The van der Waals surface area contributed by atoms with E-state index in [-0.39, 0.29) is 35.2 Å². The molecule has 2 atom stereocenters. The summed E-state index contributed by atoms with van der Waals surface area (Å²) in [7, 11) is 1.72. The molecule has 2 aliphatic heterocycles. The number of benzene rings is 1. The van der Waals surface area contributed by atoms with Crippen molar-refractivity contribution in [3.05, 3.63) is 30.1 Å². The Balaban J connectivity index is 1.66. The number of morpholine rings is 1. The second-order valence-electron chi connectivity index (χ2n) is 12.7. The average molecular weight is 556 g/mol. The van der Waals surface area contributed by atoms with Gasteiger partial charge in [-0.1, -0.05) is 26.0 Å². The van der Waals surface area contributed by atoms with Crippen molar-refractivity contribution in [2.75, 3.05) is 59.7 Å². The van der Waals surface area contributed by atoms with E-state index in [9.17, 15) is 9.59 Å². The number of carbonyl (C=O) groups excluding carboxylic acids is 2. The Morgan fingerprint density at radius 2 is 1.85 bits per heavy atom. The summed E-state index contributed by atoms with van der Waals surface area (Å²) in [6.45, 7) is 16.8. The van der Waals surface area contributed by atoms with Crippen LogP contribution >= 0.6 is 0 Å². The van der Waals surface area contributed by atoms with Gasteiger partial charge < -0.3 is 23.8 Å². The number of rotatable bonds is 10. The Labute approximate surface area is 239 Å². The molecule has 1 aromatic heterocycles. The zero-order chi connectivity index (χ0) is 28.9. The van der Waals surface area contributed by atoms with Gasteiger partial charge in [0.05, 0.1) is 30.2 Å². The maximum Gasteiger partial charge on any atom is 0.290 e. The lowest BCUT2D eigenvalue weighted by Crippen LogP contribution is -2.60. The monoisotopic (exact) mass is 555 g/mol. The minimum atomic E-state index is -0.161. The van der Waals surface area contributed by atoms with Crippen LogP contribution in [0.5, 0.6) is 0 Å². The molecule has 2 amide bonds. The summed E-state index contributed by atoms with van der Waals surface area (Å²) >= 11 is 0. The number of aryl methyl sites for hydroxylation is 1. The van der Waals surface area contributed by atoms with E-state index in [2.05, 4.69) is 44.1 Å². The molecule has 222 valence electrons. The summed E-state index contributed by atoms with van der Waals surface area (Å²) in [5, 5.41) is 0. The van der Waals surface area contributed by atoms with Crippen molar-refractivity contribution in [1.29, 1.82) is 0 Å². The highest BCUT2D eigenvalue weighted by molar-refractivity contribution is 5.95. The van der Waals surface area contributed by atoms with Gasteiger partial charge in [-0.15, -0.1) is 0 Å². The zero-order valence-electron chi connectivity index (χ0n) is 25.4. The molecular weight excluding hydrogens is 506 g/mol. The van der Waals surface area contributed by atoms with Crippen molar-refractivity contribution in [2.24, 2.45) is 11.8 Å². The fourth-order valence-corrected chi connectivity index (χ4v) is 5.97. The summed E-state index contributed by atoms with van der Waals surface area (Å²) < 4.78 is 12.8. The molecular formula is C31H49N5O4. The highest BCUT2D eigenvalue weighted by Crippen LogP contribution is 2.30. The van der Waals surface area contributed by atoms with Crippen molar-refractivity contribution in [2.45, 2.75) is 72.0 Å². The van der Waals surface area contributed by atoms with Crippen LogP contribution in [-0.4, -0.2) is 107 Å². The average Bonchev–Trinajstić information content (AvgIpc) is 3.31. The first-order chi connectivity index (χ1) is 19.1. The summed E-state index contributed by atoms with van der Waals surface area (Å²) in [5.41, 5.74) is 1.69. The van der Waals surface area contributed by atoms with Gasteiger partial charge in [-0.3, -0.25) is 14.5 Å². The van der Waals surface area contributed by atoms with Crippen molar-refractivity contribution in [3.8, 4) is 0 Å². The Bertz CT molecular complexity index is 1130. The number of para-hydroxylation sites is 2. The molecule has 0 radical (unpaired) electrons. The zero-order valence-corrected chi connectivity index (χ0v) is 25.4. The van der Waals surface area contributed by atoms with E-state index in [1.54, 1.807) is 7.11 Å². The van der Waals surface area contributed by atoms with Crippen LogP contribution in [0, 0.1) is 11.8 Å². The van der Waals surface area contributed by atoms with E-state index in [0.717, 1.165) is 30.4 Å². The van der Waals surface area contributed by atoms with Gasteiger partial charge in [0.15, 0.2) is 5.82 Å². The topological polar surface area (TPSA) is 80.1 Å². The van der Waals surface area contributed by atoms with Crippen molar-refractivity contribution >= 4 is 22.8 Å². The van der Waals surface area contributed by atoms with Crippen LogP contribution in [0.3, 0.4) is 0 Å². The molecule has 2 unspecified atom stereocenters. The van der Waals surface area contributed by atoms with Crippen LogP contribution in [0.1, 0.15) is 64.5 Å². The predicted octanol–water partition coefficient (Wildman–Crippen LogP) is 3.91. The number of amides is 2. The van der Waals surface area contributed by atoms with Gasteiger partial charge in [0.25, 0.3) is 5.91 Å². The van der Waals surface area contributed by atoms with Gasteiger partial charge in [-0.05, 0) is 58.1 Å². The van der Waals surface area contributed by atoms with Gasteiger partial charge in [-0.25, -0.2) is 4.98 Å². The first-order valence-corrected chi connectivity index (χ1v) is 15.0. The van der Waals surface area contributed by atoms with E-state index in [0.29, 0.717) is 64.8 Å². The minimum Gasteiger partial charge on any atom is -0.385 e. The van der Waals surface area contributed by atoms with Gasteiger partial charge >= 0.3 is 0 Å². The molecule has 9 nitrogen and oxygen atoms in total. The van der Waals surface area contributed by atoms with Crippen molar-refractivity contribution in [1.82, 2.24) is 24.3 Å². The molecule has 2 saturated heterocycles. The van der Waals surface area contributed by atoms with Crippen molar-refractivity contribution < 1.29 is 19.1 Å². The molecule has 1 aromatic carbocycles.